The molecule has 3 aliphatic rings. The van der Waals surface area contributed by atoms with Crippen LogP contribution in [0.5, 0.6) is 0 Å². The van der Waals surface area contributed by atoms with E-state index in [9.17, 15) is 27.6 Å². The van der Waals surface area contributed by atoms with Crippen LogP contribution in [0.25, 0.3) is 21.5 Å². The molecule has 0 unspecified atom stereocenters. The summed E-state index contributed by atoms with van der Waals surface area (Å²) in [5.41, 5.74) is 9.72. The van der Waals surface area contributed by atoms with Crippen molar-refractivity contribution >= 4 is 66.7 Å². The lowest BCUT2D eigenvalue weighted by Crippen LogP contribution is -2.34. The fourth-order valence-corrected chi connectivity index (χ4v) is 8.24. The number of hydrazine groups is 2. The summed E-state index contributed by atoms with van der Waals surface area (Å²) in [6.45, 7) is 1.75. The minimum atomic E-state index is -3.60. The summed E-state index contributed by atoms with van der Waals surface area (Å²) in [5, 5.41) is 16.7. The Morgan fingerprint density at radius 1 is 0.636 bits per heavy atom. The van der Waals surface area contributed by atoms with Gasteiger partial charge in [0.2, 0.25) is 0 Å². The molecular weight excluding hydrogens is 859 g/mol. The van der Waals surface area contributed by atoms with Crippen LogP contribution < -0.4 is 32.2 Å². The first-order chi connectivity index (χ1) is 32.0. The van der Waals surface area contributed by atoms with Gasteiger partial charge in [0.1, 0.15) is 0 Å². The number of benzene rings is 4. The molecule has 2 saturated carbocycles. The number of hydrogen-bond donors (Lipinski definition) is 6. The van der Waals surface area contributed by atoms with Gasteiger partial charge in [-0.3, -0.25) is 28.4 Å². The number of hydrogen-bond acceptors (Lipinski definition) is 12. The van der Waals surface area contributed by atoms with E-state index in [1.54, 1.807) is 66.9 Å². The maximum atomic E-state index is 13.3. The molecule has 0 spiro atoms. The molecule has 2 fully saturated rings. The maximum Gasteiger partial charge on any atom is 0.272 e. The molecular formula is C49H51N9O7S. The summed E-state index contributed by atoms with van der Waals surface area (Å²) < 4.78 is 27.7. The molecule has 1 aliphatic heterocycles. The monoisotopic (exact) mass is 909 g/mol. The highest BCUT2D eigenvalue weighted by atomic mass is 32.2. The largest absolute Gasteiger partial charge is 0.350 e. The molecule has 16 nitrogen and oxygen atoms in total. The Kier molecular flexibility index (Phi) is 14.3. The van der Waals surface area contributed by atoms with Crippen molar-refractivity contribution in [2.24, 2.45) is 11.8 Å². The summed E-state index contributed by atoms with van der Waals surface area (Å²) in [4.78, 5) is 60.2. The lowest BCUT2D eigenvalue weighted by atomic mass is 9.85. The standard InChI is InChI=1S/C25H26N6O2.C24H25N3O5S/c32-24(29-22-9-4-12-26-23(22)25(33)27-15-17-5-3-6-17)21-11-10-18(16-31-14-13-28-30-31)19-7-1-2-8-20(19)21;1-33(30,31)32-15-17-11-12-20(19-9-3-2-8-18(17)19)23(28)27-21-10-5-13-25-22(21)24(29)26-14-16-6-4-7-16/h1-2,4,7-14,17,28,30H,3,5-6,15-16H2,(H,27,33)(H,29,32);2-3,5,8-13,16H,4,6-7,14-15H2,1H3,(H,26,29)(H,27,28). The molecule has 0 radical (unpaired) electrons. The van der Waals surface area contributed by atoms with Crippen LogP contribution in [-0.4, -0.2) is 66.4 Å². The molecule has 6 N–H and O–H groups in total. The Bertz CT molecular complexity index is 2920. The summed E-state index contributed by atoms with van der Waals surface area (Å²) in [6, 6.07) is 28.8. The van der Waals surface area contributed by atoms with Crippen LogP contribution in [-0.2, 0) is 27.5 Å². The molecule has 340 valence electrons. The number of nitrogens with zero attached hydrogens (tertiary/aromatic N) is 3. The van der Waals surface area contributed by atoms with E-state index < -0.39 is 16.0 Å². The molecule has 0 bridgehead atoms. The highest BCUT2D eigenvalue weighted by Gasteiger charge is 2.23. The zero-order valence-electron chi connectivity index (χ0n) is 36.4. The van der Waals surface area contributed by atoms with E-state index in [4.69, 9.17) is 4.18 Å². The van der Waals surface area contributed by atoms with Crippen molar-refractivity contribution in [1.82, 2.24) is 36.6 Å². The molecule has 2 aromatic heterocycles. The highest BCUT2D eigenvalue weighted by molar-refractivity contribution is 7.85. The Labute approximate surface area is 382 Å². The molecule has 17 heteroatoms. The second-order valence-corrected chi connectivity index (χ2v) is 18.2. The fourth-order valence-electron chi connectivity index (χ4n) is 7.90. The van der Waals surface area contributed by atoms with Crippen LogP contribution >= 0.6 is 0 Å². The fraction of sp³-hybridized carbons (Fsp3) is 0.265. The Hall–Kier alpha value is -7.21. The van der Waals surface area contributed by atoms with Crippen LogP contribution in [0.3, 0.4) is 0 Å². The van der Waals surface area contributed by atoms with E-state index in [-0.39, 0.29) is 35.7 Å². The number of aromatic nitrogens is 2. The number of pyridine rings is 2. The molecule has 3 heterocycles. The molecule has 4 amide bonds. The normalized spacial score (nSPS) is 14.6. The van der Waals surface area contributed by atoms with Gasteiger partial charge in [-0.25, -0.2) is 9.97 Å². The zero-order chi connectivity index (χ0) is 46.0. The van der Waals surface area contributed by atoms with Crippen molar-refractivity contribution in [3.05, 3.63) is 155 Å². The summed E-state index contributed by atoms with van der Waals surface area (Å²) in [6.07, 6.45) is 14.7. The average Bonchev–Trinajstić information content (AvgIpc) is 3.80. The molecule has 6 aromatic rings. The number of carbonyl (C=O) groups is 4. The van der Waals surface area contributed by atoms with Gasteiger partial charge in [-0.05, 0) is 107 Å². The number of carbonyl (C=O) groups excluding carboxylic acids is 4. The van der Waals surface area contributed by atoms with Gasteiger partial charge in [0.15, 0.2) is 11.4 Å². The van der Waals surface area contributed by atoms with Crippen LogP contribution in [0.15, 0.2) is 122 Å². The average molecular weight is 910 g/mol. The van der Waals surface area contributed by atoms with Gasteiger partial charge >= 0.3 is 0 Å². The second-order valence-electron chi connectivity index (χ2n) is 16.5. The van der Waals surface area contributed by atoms with E-state index in [1.165, 1.54) is 19.0 Å². The summed E-state index contributed by atoms with van der Waals surface area (Å²) >= 11 is 0. The van der Waals surface area contributed by atoms with Crippen molar-refractivity contribution in [2.45, 2.75) is 51.7 Å². The number of rotatable bonds is 15. The first kappa shape index (κ1) is 45.4. The molecule has 66 heavy (non-hydrogen) atoms. The third-order valence-electron chi connectivity index (χ3n) is 11.9. The van der Waals surface area contributed by atoms with Gasteiger partial charge < -0.3 is 26.7 Å². The van der Waals surface area contributed by atoms with Crippen molar-refractivity contribution in [3.63, 3.8) is 0 Å². The quantitative estimate of drug-likeness (QED) is 0.0587. The van der Waals surface area contributed by atoms with Crippen LogP contribution in [0.2, 0.25) is 0 Å². The van der Waals surface area contributed by atoms with Gasteiger partial charge in [0, 0.05) is 49.0 Å². The molecule has 0 saturated heterocycles. The number of nitrogens with one attached hydrogen (secondary N) is 6. The Morgan fingerprint density at radius 2 is 1.12 bits per heavy atom. The predicted octanol–water partition coefficient (Wildman–Crippen LogP) is 6.81. The van der Waals surface area contributed by atoms with Crippen molar-refractivity contribution in [3.8, 4) is 0 Å². The minimum Gasteiger partial charge on any atom is -0.350 e. The predicted molar refractivity (Wildman–Crippen MR) is 252 cm³/mol. The number of amides is 4. The van der Waals surface area contributed by atoms with E-state index >= 15 is 0 Å². The summed E-state index contributed by atoms with van der Waals surface area (Å²) in [7, 11) is -3.60. The van der Waals surface area contributed by atoms with Crippen molar-refractivity contribution < 1.29 is 31.8 Å². The van der Waals surface area contributed by atoms with Crippen LogP contribution in [0, 0.1) is 11.8 Å². The topological polar surface area (TPSA) is 213 Å². The molecule has 0 atom stereocenters. The highest BCUT2D eigenvalue weighted by Crippen LogP contribution is 2.29. The van der Waals surface area contributed by atoms with Gasteiger partial charge in [0.25, 0.3) is 33.7 Å². The van der Waals surface area contributed by atoms with Crippen molar-refractivity contribution in [1.29, 1.82) is 0 Å². The second kappa shape index (κ2) is 20.7. The first-order valence-corrected chi connectivity index (χ1v) is 23.7. The van der Waals surface area contributed by atoms with Gasteiger partial charge in [-0.15, -0.1) is 5.53 Å². The lowest BCUT2D eigenvalue weighted by molar-refractivity contribution is 0.0926. The van der Waals surface area contributed by atoms with E-state index in [0.29, 0.717) is 70.3 Å². The molecule has 2 aliphatic carbocycles. The van der Waals surface area contributed by atoms with E-state index in [0.717, 1.165) is 48.3 Å². The Balaban J connectivity index is 0.000000179. The third-order valence-corrected chi connectivity index (χ3v) is 12.5. The van der Waals surface area contributed by atoms with Gasteiger partial charge in [-0.2, -0.15) is 8.42 Å². The lowest BCUT2D eigenvalue weighted by Gasteiger charge is -2.25. The van der Waals surface area contributed by atoms with Gasteiger partial charge in [0.05, 0.1) is 30.8 Å². The Morgan fingerprint density at radius 3 is 1.58 bits per heavy atom. The van der Waals surface area contributed by atoms with Crippen molar-refractivity contribution in [2.75, 3.05) is 30.0 Å². The first-order valence-electron chi connectivity index (χ1n) is 21.9. The minimum absolute atomic E-state index is 0.130. The zero-order valence-corrected chi connectivity index (χ0v) is 37.2. The van der Waals surface area contributed by atoms with Gasteiger partial charge in [-0.1, -0.05) is 73.5 Å². The number of anilines is 2. The summed E-state index contributed by atoms with van der Waals surface area (Å²) in [5.74, 6) is -0.217. The van der Waals surface area contributed by atoms with E-state index in [2.05, 4.69) is 42.2 Å². The third kappa shape index (κ3) is 11.2. The molecule has 4 aromatic carbocycles. The van der Waals surface area contributed by atoms with Crippen LogP contribution in [0.1, 0.15) is 91.3 Å². The molecule has 9 rings (SSSR count). The SMILES string of the molecule is CS(=O)(=O)OCc1ccc(C(=O)Nc2cccnc2C(=O)NCC2CCC2)c2ccccc12.O=C(NCC1CCC1)c1ncccc1NC(=O)c1ccc(CN2C=CNN2)c2ccccc12. The van der Waals surface area contributed by atoms with E-state index in [1.807, 2.05) is 53.8 Å². The number of fused-ring (bicyclic) bond motifs is 2. The maximum absolute atomic E-state index is 13.3. The van der Waals surface area contributed by atoms with Crippen LogP contribution in [0.4, 0.5) is 11.4 Å². The smallest absolute Gasteiger partial charge is 0.272 e.